The quantitative estimate of drug-likeness (QED) is 0.644. The van der Waals surface area contributed by atoms with Crippen molar-refractivity contribution in [2.45, 2.75) is 33.8 Å². The maximum atomic E-state index is 11.0. The summed E-state index contributed by atoms with van der Waals surface area (Å²) in [7, 11) is 0. The lowest BCUT2D eigenvalue weighted by Crippen LogP contribution is -2.08. The second-order valence-electron chi connectivity index (χ2n) is 4.39. The molecule has 0 heterocycles. The molecule has 0 fully saturated rings. The molecule has 0 unspecified atom stereocenters. The summed E-state index contributed by atoms with van der Waals surface area (Å²) in [5.74, 6) is 1.44. The molecule has 99 valence electrons. The molecule has 0 aliphatic rings. The summed E-state index contributed by atoms with van der Waals surface area (Å²) in [6.45, 7) is 6.94. The van der Waals surface area contributed by atoms with Gasteiger partial charge in [-0.1, -0.05) is 6.92 Å². The third-order valence-corrected chi connectivity index (χ3v) is 2.24. The van der Waals surface area contributed by atoms with Gasteiger partial charge in [-0.25, -0.2) is 0 Å². The number of hydrogen-bond donors (Lipinski definition) is 1. The number of ether oxygens (including phenoxy) is 2. The van der Waals surface area contributed by atoms with Gasteiger partial charge in [-0.15, -0.1) is 0 Å². The van der Waals surface area contributed by atoms with E-state index in [0.717, 1.165) is 11.5 Å². The molecular formula is C14H19O4. The SMILES string of the molecule is C[C](CO)c1cc(OC(C)=O)cc(OC(C)C)c1. The second-order valence-corrected chi connectivity index (χ2v) is 4.39. The summed E-state index contributed by atoms with van der Waals surface area (Å²) < 4.78 is 10.6. The minimum atomic E-state index is -0.385. The topological polar surface area (TPSA) is 55.8 Å². The van der Waals surface area contributed by atoms with Crippen LogP contribution in [0.3, 0.4) is 0 Å². The number of aliphatic hydroxyl groups excluding tert-OH is 1. The van der Waals surface area contributed by atoms with Crippen LogP contribution in [-0.2, 0) is 4.79 Å². The lowest BCUT2D eigenvalue weighted by molar-refractivity contribution is -0.131. The Morgan fingerprint density at radius 2 is 1.83 bits per heavy atom. The van der Waals surface area contributed by atoms with Crippen LogP contribution in [0.1, 0.15) is 33.3 Å². The first-order chi connectivity index (χ1) is 8.42. The second kappa shape index (κ2) is 6.40. The Labute approximate surface area is 108 Å². The van der Waals surface area contributed by atoms with Crippen LogP contribution in [0.2, 0.25) is 0 Å². The highest BCUT2D eigenvalue weighted by molar-refractivity contribution is 5.69. The van der Waals surface area contributed by atoms with Crippen molar-refractivity contribution in [1.29, 1.82) is 0 Å². The normalized spacial score (nSPS) is 10.8. The number of rotatable bonds is 5. The number of carbonyl (C=O) groups is 1. The molecule has 0 saturated carbocycles. The average Bonchev–Trinajstić information content (AvgIpc) is 2.25. The van der Waals surface area contributed by atoms with Crippen LogP contribution < -0.4 is 9.47 Å². The van der Waals surface area contributed by atoms with E-state index in [1.807, 2.05) is 26.8 Å². The first kappa shape index (κ1) is 14.5. The number of aliphatic hydroxyl groups is 1. The Morgan fingerprint density at radius 1 is 1.22 bits per heavy atom. The summed E-state index contributed by atoms with van der Waals surface area (Å²) in [6.07, 6.45) is 0.0276. The van der Waals surface area contributed by atoms with E-state index >= 15 is 0 Å². The zero-order valence-corrected chi connectivity index (χ0v) is 11.2. The zero-order chi connectivity index (χ0) is 13.7. The van der Waals surface area contributed by atoms with E-state index in [-0.39, 0.29) is 18.7 Å². The van der Waals surface area contributed by atoms with E-state index in [1.54, 1.807) is 12.1 Å². The zero-order valence-electron chi connectivity index (χ0n) is 11.2. The summed E-state index contributed by atoms with van der Waals surface area (Å²) in [5, 5.41) is 9.15. The molecule has 18 heavy (non-hydrogen) atoms. The molecule has 1 N–H and O–H groups in total. The Balaban J connectivity index is 3.06. The van der Waals surface area contributed by atoms with Gasteiger partial charge in [-0.2, -0.15) is 0 Å². The lowest BCUT2D eigenvalue weighted by atomic mass is 10.0. The number of benzene rings is 1. The highest BCUT2D eigenvalue weighted by Crippen LogP contribution is 2.27. The summed E-state index contributed by atoms with van der Waals surface area (Å²) >= 11 is 0. The maximum Gasteiger partial charge on any atom is 0.308 e. The monoisotopic (exact) mass is 251 g/mol. The van der Waals surface area contributed by atoms with Crippen LogP contribution in [0.25, 0.3) is 0 Å². The molecule has 0 amide bonds. The van der Waals surface area contributed by atoms with E-state index < -0.39 is 0 Å². The fourth-order valence-electron chi connectivity index (χ4n) is 1.47. The van der Waals surface area contributed by atoms with Crippen molar-refractivity contribution in [2.75, 3.05) is 6.61 Å². The Bertz CT molecular complexity index is 412. The standard InChI is InChI=1S/C14H19O4/c1-9(2)17-13-5-12(10(3)8-15)6-14(7-13)18-11(4)16/h5-7,9,15H,8H2,1-4H3. The molecular weight excluding hydrogens is 232 g/mol. The van der Waals surface area contributed by atoms with Gasteiger partial charge in [0.15, 0.2) is 0 Å². The fourth-order valence-corrected chi connectivity index (χ4v) is 1.47. The van der Waals surface area contributed by atoms with E-state index in [1.165, 1.54) is 6.92 Å². The third-order valence-electron chi connectivity index (χ3n) is 2.24. The average molecular weight is 251 g/mol. The number of esters is 1. The van der Waals surface area contributed by atoms with Crippen LogP contribution in [0.15, 0.2) is 18.2 Å². The van der Waals surface area contributed by atoms with Gasteiger partial charge in [0.2, 0.25) is 0 Å². The molecule has 4 nitrogen and oxygen atoms in total. The predicted molar refractivity (Wildman–Crippen MR) is 68.6 cm³/mol. The molecule has 0 aromatic heterocycles. The van der Waals surface area contributed by atoms with E-state index in [9.17, 15) is 4.79 Å². The van der Waals surface area contributed by atoms with E-state index in [2.05, 4.69) is 0 Å². The minimum absolute atomic E-state index is 0.0276. The van der Waals surface area contributed by atoms with Crippen LogP contribution in [0.4, 0.5) is 0 Å². The predicted octanol–water partition coefficient (Wildman–Crippen LogP) is 2.33. The van der Waals surface area contributed by atoms with E-state index in [4.69, 9.17) is 14.6 Å². The van der Waals surface area contributed by atoms with Crippen LogP contribution in [0.5, 0.6) is 11.5 Å². The molecule has 0 saturated heterocycles. The van der Waals surface area contributed by atoms with Gasteiger partial charge in [0.25, 0.3) is 0 Å². The third kappa shape index (κ3) is 4.37. The largest absolute Gasteiger partial charge is 0.491 e. The van der Waals surface area contributed by atoms with Gasteiger partial charge in [0.1, 0.15) is 11.5 Å². The summed E-state index contributed by atoms with van der Waals surface area (Å²) in [5.41, 5.74) is 0.798. The fraction of sp³-hybridized carbons (Fsp3) is 0.429. The minimum Gasteiger partial charge on any atom is -0.491 e. The molecule has 1 aromatic carbocycles. The van der Waals surface area contributed by atoms with Gasteiger partial charge < -0.3 is 14.6 Å². The van der Waals surface area contributed by atoms with Crippen molar-refractivity contribution in [1.82, 2.24) is 0 Å². The van der Waals surface area contributed by atoms with Gasteiger partial charge in [0, 0.05) is 18.9 Å². The summed E-state index contributed by atoms with van der Waals surface area (Å²) in [6, 6.07) is 5.19. The number of carbonyl (C=O) groups excluding carboxylic acids is 1. The van der Waals surface area contributed by atoms with Gasteiger partial charge in [-0.05, 0) is 31.5 Å². The van der Waals surface area contributed by atoms with Crippen LogP contribution in [0, 0.1) is 5.92 Å². The van der Waals surface area contributed by atoms with Crippen molar-refractivity contribution in [3.63, 3.8) is 0 Å². The van der Waals surface area contributed by atoms with Gasteiger partial charge in [0.05, 0.1) is 12.7 Å². The molecule has 1 radical (unpaired) electrons. The molecule has 1 rings (SSSR count). The first-order valence-electron chi connectivity index (χ1n) is 5.86. The Kier molecular flexibility index (Phi) is 5.16. The molecule has 0 atom stereocenters. The Hall–Kier alpha value is -1.55. The molecule has 0 bridgehead atoms. The van der Waals surface area contributed by atoms with Gasteiger partial charge in [-0.3, -0.25) is 4.79 Å². The van der Waals surface area contributed by atoms with Crippen LogP contribution in [-0.4, -0.2) is 23.8 Å². The molecule has 0 aliphatic heterocycles. The first-order valence-corrected chi connectivity index (χ1v) is 5.86. The van der Waals surface area contributed by atoms with Crippen molar-refractivity contribution in [3.8, 4) is 11.5 Å². The van der Waals surface area contributed by atoms with Crippen molar-refractivity contribution >= 4 is 5.97 Å². The van der Waals surface area contributed by atoms with Gasteiger partial charge >= 0.3 is 5.97 Å². The van der Waals surface area contributed by atoms with Crippen molar-refractivity contribution in [3.05, 3.63) is 29.7 Å². The molecule has 4 heteroatoms. The van der Waals surface area contributed by atoms with Crippen molar-refractivity contribution < 1.29 is 19.4 Å². The smallest absolute Gasteiger partial charge is 0.308 e. The highest BCUT2D eigenvalue weighted by Gasteiger charge is 2.11. The molecule has 0 spiro atoms. The van der Waals surface area contributed by atoms with Crippen LogP contribution >= 0.6 is 0 Å². The number of hydrogen-bond acceptors (Lipinski definition) is 4. The summed E-state index contributed by atoms with van der Waals surface area (Å²) in [4.78, 5) is 11.0. The lowest BCUT2D eigenvalue weighted by Gasteiger charge is -2.15. The van der Waals surface area contributed by atoms with Crippen molar-refractivity contribution in [2.24, 2.45) is 0 Å². The molecule has 0 aliphatic carbocycles. The highest BCUT2D eigenvalue weighted by atomic mass is 16.5. The Morgan fingerprint density at radius 3 is 2.33 bits per heavy atom. The van der Waals surface area contributed by atoms with E-state index in [0.29, 0.717) is 11.5 Å². The molecule has 1 aromatic rings. The maximum absolute atomic E-state index is 11.0.